The Bertz CT molecular complexity index is 331. The van der Waals surface area contributed by atoms with E-state index in [-0.39, 0.29) is 11.9 Å². The van der Waals surface area contributed by atoms with Crippen molar-refractivity contribution < 1.29 is 9.13 Å². The average Bonchev–Trinajstić information content (AvgIpc) is 2.29. The van der Waals surface area contributed by atoms with E-state index in [0.29, 0.717) is 12.2 Å². The van der Waals surface area contributed by atoms with Crippen molar-refractivity contribution >= 4 is 0 Å². The predicted molar refractivity (Wildman–Crippen MR) is 62.3 cm³/mol. The van der Waals surface area contributed by atoms with Crippen LogP contribution in [0.5, 0.6) is 0 Å². The molecule has 0 heterocycles. The highest BCUT2D eigenvalue weighted by atomic mass is 19.1. The normalized spacial score (nSPS) is 12.8. The van der Waals surface area contributed by atoms with E-state index >= 15 is 0 Å². The third kappa shape index (κ3) is 3.56. The largest absolute Gasteiger partial charge is 0.385 e. The summed E-state index contributed by atoms with van der Waals surface area (Å²) in [5, 5.41) is 0. The van der Waals surface area contributed by atoms with Gasteiger partial charge in [0.1, 0.15) is 5.82 Å². The van der Waals surface area contributed by atoms with Crippen molar-refractivity contribution in [3.8, 4) is 0 Å². The third-order valence-electron chi connectivity index (χ3n) is 2.63. The molecule has 0 spiro atoms. The quantitative estimate of drug-likeness (QED) is 0.443. The minimum Gasteiger partial charge on any atom is -0.385 e. The van der Waals surface area contributed by atoms with Crippen LogP contribution in [-0.2, 0) is 4.74 Å². The molecule has 0 aliphatic carbocycles. The van der Waals surface area contributed by atoms with Crippen molar-refractivity contribution in [1.29, 1.82) is 0 Å². The molecule has 16 heavy (non-hydrogen) atoms. The molecule has 0 saturated carbocycles. The fraction of sp³-hybridized carbons (Fsp3) is 0.500. The van der Waals surface area contributed by atoms with Gasteiger partial charge in [0.25, 0.3) is 0 Å². The molecule has 1 atom stereocenters. The summed E-state index contributed by atoms with van der Waals surface area (Å²) in [6, 6.07) is 5.12. The van der Waals surface area contributed by atoms with Crippen LogP contribution in [0.25, 0.3) is 0 Å². The van der Waals surface area contributed by atoms with Gasteiger partial charge in [0.05, 0.1) is 0 Å². The molecule has 0 bridgehead atoms. The molecule has 0 aliphatic rings. The van der Waals surface area contributed by atoms with Crippen molar-refractivity contribution in [3.05, 3.63) is 35.1 Å². The van der Waals surface area contributed by atoms with Crippen LogP contribution in [0.1, 0.15) is 30.0 Å². The fourth-order valence-corrected chi connectivity index (χ4v) is 1.66. The van der Waals surface area contributed by atoms with E-state index < -0.39 is 0 Å². The van der Waals surface area contributed by atoms with E-state index in [2.05, 4.69) is 5.43 Å². The Hall–Kier alpha value is -0.970. The van der Waals surface area contributed by atoms with Gasteiger partial charge >= 0.3 is 0 Å². The van der Waals surface area contributed by atoms with E-state index in [1.54, 1.807) is 20.1 Å². The summed E-state index contributed by atoms with van der Waals surface area (Å²) in [5.41, 5.74) is 4.40. The van der Waals surface area contributed by atoms with Crippen LogP contribution in [0.15, 0.2) is 18.2 Å². The van der Waals surface area contributed by atoms with Crippen molar-refractivity contribution in [2.45, 2.75) is 25.8 Å². The van der Waals surface area contributed by atoms with Crippen LogP contribution in [0.4, 0.5) is 4.39 Å². The molecule has 4 heteroatoms. The van der Waals surface area contributed by atoms with Gasteiger partial charge in [-0.25, -0.2) is 4.39 Å². The monoisotopic (exact) mass is 226 g/mol. The van der Waals surface area contributed by atoms with Crippen LogP contribution in [-0.4, -0.2) is 13.7 Å². The zero-order valence-electron chi connectivity index (χ0n) is 9.79. The summed E-state index contributed by atoms with van der Waals surface area (Å²) in [6.07, 6.45) is 1.79. The molecule has 0 amide bonds. The first-order valence-corrected chi connectivity index (χ1v) is 5.40. The Morgan fingerprint density at radius 1 is 1.50 bits per heavy atom. The van der Waals surface area contributed by atoms with Crippen LogP contribution in [0.2, 0.25) is 0 Å². The summed E-state index contributed by atoms with van der Waals surface area (Å²) in [4.78, 5) is 0. The summed E-state index contributed by atoms with van der Waals surface area (Å²) in [6.45, 7) is 2.46. The van der Waals surface area contributed by atoms with Gasteiger partial charge in [-0.2, -0.15) is 0 Å². The Kier molecular flexibility index (Phi) is 5.38. The van der Waals surface area contributed by atoms with Gasteiger partial charge in [0, 0.05) is 19.8 Å². The lowest BCUT2D eigenvalue weighted by Gasteiger charge is -2.16. The van der Waals surface area contributed by atoms with E-state index in [1.165, 1.54) is 6.07 Å². The van der Waals surface area contributed by atoms with Crippen molar-refractivity contribution in [2.24, 2.45) is 5.84 Å². The average molecular weight is 226 g/mol. The maximum absolute atomic E-state index is 13.1. The van der Waals surface area contributed by atoms with E-state index in [0.717, 1.165) is 18.4 Å². The molecule has 0 aromatic heterocycles. The fourth-order valence-electron chi connectivity index (χ4n) is 1.66. The van der Waals surface area contributed by atoms with Gasteiger partial charge in [-0.15, -0.1) is 0 Å². The molecule has 3 N–H and O–H groups in total. The topological polar surface area (TPSA) is 47.3 Å². The molecule has 1 unspecified atom stereocenters. The smallest absolute Gasteiger partial charge is 0.126 e. The summed E-state index contributed by atoms with van der Waals surface area (Å²) in [7, 11) is 1.67. The predicted octanol–water partition coefficient (Wildman–Crippen LogP) is 2.07. The van der Waals surface area contributed by atoms with Crippen LogP contribution >= 0.6 is 0 Å². The van der Waals surface area contributed by atoms with Crippen LogP contribution in [0.3, 0.4) is 0 Å². The maximum atomic E-state index is 13.1. The SMILES string of the molecule is COCCCC(NN)c1ccc(F)c(C)c1. The molecule has 90 valence electrons. The van der Waals surface area contributed by atoms with Gasteiger partial charge in [0.2, 0.25) is 0 Å². The second kappa shape index (κ2) is 6.58. The number of ether oxygens (including phenoxy) is 1. The summed E-state index contributed by atoms with van der Waals surface area (Å²) < 4.78 is 18.1. The lowest BCUT2D eigenvalue weighted by Crippen LogP contribution is -2.28. The lowest BCUT2D eigenvalue weighted by molar-refractivity contribution is 0.189. The van der Waals surface area contributed by atoms with Gasteiger partial charge < -0.3 is 4.74 Å². The highest BCUT2D eigenvalue weighted by Crippen LogP contribution is 2.20. The molecule has 0 saturated heterocycles. The zero-order chi connectivity index (χ0) is 12.0. The van der Waals surface area contributed by atoms with E-state index in [9.17, 15) is 4.39 Å². The molecule has 3 nitrogen and oxygen atoms in total. The van der Waals surface area contributed by atoms with Gasteiger partial charge in [-0.3, -0.25) is 11.3 Å². The number of methoxy groups -OCH3 is 1. The lowest BCUT2D eigenvalue weighted by atomic mass is 10.0. The van der Waals surface area contributed by atoms with Gasteiger partial charge in [0.15, 0.2) is 0 Å². The first-order valence-electron chi connectivity index (χ1n) is 5.40. The maximum Gasteiger partial charge on any atom is 0.126 e. The number of nitrogens with one attached hydrogen (secondary N) is 1. The zero-order valence-corrected chi connectivity index (χ0v) is 9.79. The number of aryl methyl sites for hydroxylation is 1. The standard InChI is InChI=1S/C12H19FN2O/c1-9-8-10(5-6-11(9)13)12(15-14)4-3-7-16-2/h5-6,8,12,15H,3-4,7,14H2,1-2H3. The van der Waals surface area contributed by atoms with E-state index in [1.807, 2.05) is 6.07 Å². The Morgan fingerprint density at radius 2 is 2.25 bits per heavy atom. The molecule has 1 aromatic rings. The summed E-state index contributed by atoms with van der Waals surface area (Å²) in [5.74, 6) is 5.31. The Labute approximate surface area is 95.8 Å². The van der Waals surface area contributed by atoms with Crippen molar-refractivity contribution in [2.75, 3.05) is 13.7 Å². The number of hydrogen-bond donors (Lipinski definition) is 2. The second-order valence-electron chi connectivity index (χ2n) is 3.86. The summed E-state index contributed by atoms with van der Waals surface area (Å²) >= 11 is 0. The minimum atomic E-state index is -0.184. The highest BCUT2D eigenvalue weighted by Gasteiger charge is 2.10. The first-order chi connectivity index (χ1) is 7.69. The number of benzene rings is 1. The number of rotatable bonds is 6. The number of halogens is 1. The van der Waals surface area contributed by atoms with Crippen LogP contribution < -0.4 is 11.3 Å². The molecule has 0 aliphatic heterocycles. The second-order valence-corrected chi connectivity index (χ2v) is 3.86. The Balaban J connectivity index is 2.67. The number of nitrogens with two attached hydrogens (primary N) is 1. The molecular weight excluding hydrogens is 207 g/mol. The molecule has 0 radical (unpaired) electrons. The molecule has 1 aromatic carbocycles. The molecular formula is C12H19FN2O. The third-order valence-corrected chi connectivity index (χ3v) is 2.63. The number of hydrogen-bond acceptors (Lipinski definition) is 3. The minimum absolute atomic E-state index is 0.0504. The van der Waals surface area contributed by atoms with Crippen molar-refractivity contribution in [3.63, 3.8) is 0 Å². The van der Waals surface area contributed by atoms with Gasteiger partial charge in [-0.1, -0.05) is 12.1 Å². The van der Waals surface area contributed by atoms with Gasteiger partial charge in [-0.05, 0) is 37.0 Å². The molecule has 1 rings (SSSR count). The molecule has 0 fully saturated rings. The van der Waals surface area contributed by atoms with Crippen LogP contribution in [0, 0.1) is 12.7 Å². The number of hydrazine groups is 1. The van der Waals surface area contributed by atoms with E-state index in [4.69, 9.17) is 10.6 Å². The Morgan fingerprint density at radius 3 is 2.81 bits per heavy atom. The highest BCUT2D eigenvalue weighted by molar-refractivity contribution is 5.26. The first kappa shape index (κ1) is 13.1. The van der Waals surface area contributed by atoms with Crippen molar-refractivity contribution in [1.82, 2.24) is 5.43 Å².